The molecule has 3 rings (SSSR count). The first-order valence-corrected chi connectivity index (χ1v) is 13.1. The summed E-state index contributed by atoms with van der Waals surface area (Å²) in [4.78, 5) is 19.8. The molecule has 0 spiro atoms. The van der Waals surface area contributed by atoms with Gasteiger partial charge in [0.25, 0.3) is 0 Å². The molecule has 31 heavy (non-hydrogen) atoms. The Balaban J connectivity index is 1.85. The molecule has 172 valence electrons. The number of carbonyl (C=O) groups excluding carboxylic acids is 1. The first-order chi connectivity index (χ1) is 14.9. The molecule has 0 atom stereocenters. The van der Waals surface area contributed by atoms with Gasteiger partial charge in [0, 0.05) is 45.6 Å². The van der Waals surface area contributed by atoms with Crippen molar-refractivity contribution in [2.75, 3.05) is 26.2 Å². The second-order valence-corrected chi connectivity index (χ2v) is 10.2. The van der Waals surface area contributed by atoms with E-state index < -0.39 is 10.0 Å². The molecule has 1 amide bonds. The summed E-state index contributed by atoms with van der Waals surface area (Å²) in [6, 6.07) is 5.21. The Morgan fingerprint density at radius 1 is 1.06 bits per heavy atom. The maximum Gasteiger partial charge on any atom is 0.243 e. The minimum atomic E-state index is -3.53. The molecule has 1 aromatic carbocycles. The molecule has 0 bridgehead atoms. The second kappa shape index (κ2) is 10.6. The van der Waals surface area contributed by atoms with E-state index in [1.807, 2.05) is 24.8 Å². The molecule has 0 unspecified atom stereocenters. The van der Waals surface area contributed by atoms with Crippen LogP contribution in [0.15, 0.2) is 23.1 Å². The zero-order chi connectivity index (χ0) is 22.4. The van der Waals surface area contributed by atoms with Crippen LogP contribution in [0, 0.1) is 0 Å². The standard InChI is InChI=1S/C23H36N4O3S/c1-4-15-27-21-12-11-19(31(29,30)26(5-2)6-3)18-20(21)24-22(27)13-14-23(28)25-16-9-7-8-10-17-25/h11-12,18H,4-10,13-17H2,1-3H3. The van der Waals surface area contributed by atoms with Crippen LogP contribution >= 0.6 is 0 Å². The number of benzene rings is 1. The Morgan fingerprint density at radius 2 is 1.74 bits per heavy atom. The molecule has 1 saturated heterocycles. The average Bonchev–Trinajstić information content (AvgIpc) is 2.92. The van der Waals surface area contributed by atoms with Crippen molar-refractivity contribution in [3.63, 3.8) is 0 Å². The summed E-state index contributed by atoms with van der Waals surface area (Å²) >= 11 is 0. The Bertz CT molecular complexity index is 988. The molecule has 0 aliphatic carbocycles. The Kier molecular flexibility index (Phi) is 8.11. The summed E-state index contributed by atoms with van der Waals surface area (Å²) in [7, 11) is -3.53. The number of imidazole rings is 1. The maximum absolute atomic E-state index is 12.9. The first kappa shape index (κ1) is 23.7. The molecule has 0 N–H and O–H groups in total. The largest absolute Gasteiger partial charge is 0.343 e. The quantitative estimate of drug-likeness (QED) is 0.585. The minimum absolute atomic E-state index is 0.196. The van der Waals surface area contributed by atoms with E-state index in [9.17, 15) is 13.2 Å². The molecule has 1 aliphatic rings. The van der Waals surface area contributed by atoms with Crippen molar-refractivity contribution in [3.8, 4) is 0 Å². The van der Waals surface area contributed by atoms with Crippen molar-refractivity contribution in [1.82, 2.24) is 18.8 Å². The van der Waals surface area contributed by atoms with Crippen molar-refractivity contribution in [1.29, 1.82) is 0 Å². The third-order valence-corrected chi connectivity index (χ3v) is 8.16. The highest BCUT2D eigenvalue weighted by Gasteiger charge is 2.23. The highest BCUT2D eigenvalue weighted by Crippen LogP contribution is 2.24. The Hall–Kier alpha value is -1.93. The van der Waals surface area contributed by atoms with Crippen molar-refractivity contribution in [2.45, 2.75) is 77.2 Å². The van der Waals surface area contributed by atoms with E-state index in [0.717, 1.165) is 50.2 Å². The van der Waals surface area contributed by atoms with E-state index in [1.165, 1.54) is 17.1 Å². The summed E-state index contributed by atoms with van der Waals surface area (Å²) in [5, 5.41) is 0. The maximum atomic E-state index is 12.9. The fourth-order valence-corrected chi connectivity index (χ4v) is 5.87. The van der Waals surface area contributed by atoms with Crippen LogP contribution in [-0.4, -0.2) is 59.3 Å². The normalized spacial score (nSPS) is 15.5. The number of sulfonamides is 1. The number of carbonyl (C=O) groups is 1. The SMILES string of the molecule is CCCn1c(CCC(=O)N2CCCCCC2)nc2cc(S(=O)(=O)N(CC)CC)ccc21. The number of nitrogens with zero attached hydrogens (tertiary/aromatic N) is 4. The highest BCUT2D eigenvalue weighted by atomic mass is 32.2. The lowest BCUT2D eigenvalue weighted by atomic mass is 10.2. The number of amides is 1. The van der Waals surface area contributed by atoms with Gasteiger partial charge in [0.2, 0.25) is 15.9 Å². The third kappa shape index (κ3) is 5.29. The molecule has 1 fully saturated rings. The Morgan fingerprint density at radius 3 is 2.35 bits per heavy atom. The van der Waals surface area contributed by atoms with Gasteiger partial charge in [-0.3, -0.25) is 4.79 Å². The van der Waals surface area contributed by atoms with Crippen molar-refractivity contribution in [2.24, 2.45) is 0 Å². The van der Waals surface area contributed by atoms with Gasteiger partial charge in [-0.15, -0.1) is 0 Å². The fraction of sp³-hybridized carbons (Fsp3) is 0.652. The lowest BCUT2D eigenvalue weighted by molar-refractivity contribution is -0.131. The topological polar surface area (TPSA) is 75.5 Å². The predicted molar refractivity (Wildman–Crippen MR) is 123 cm³/mol. The van der Waals surface area contributed by atoms with Gasteiger partial charge in [0.05, 0.1) is 15.9 Å². The van der Waals surface area contributed by atoms with E-state index in [1.54, 1.807) is 12.1 Å². The number of fused-ring (bicyclic) bond motifs is 1. The highest BCUT2D eigenvalue weighted by molar-refractivity contribution is 7.89. The summed E-state index contributed by atoms with van der Waals surface area (Å²) in [5.41, 5.74) is 1.61. The van der Waals surface area contributed by atoms with Gasteiger partial charge in [-0.1, -0.05) is 33.6 Å². The van der Waals surface area contributed by atoms with Gasteiger partial charge in [-0.2, -0.15) is 4.31 Å². The fourth-order valence-electron chi connectivity index (χ4n) is 4.39. The number of aryl methyl sites for hydroxylation is 2. The van der Waals surface area contributed by atoms with Crippen LogP contribution in [0.5, 0.6) is 0 Å². The lowest BCUT2D eigenvalue weighted by Crippen LogP contribution is -2.32. The number of rotatable bonds is 9. The third-order valence-electron chi connectivity index (χ3n) is 6.11. The number of hydrogen-bond acceptors (Lipinski definition) is 4. The molecule has 7 nitrogen and oxygen atoms in total. The molecule has 0 radical (unpaired) electrons. The van der Waals surface area contributed by atoms with Gasteiger partial charge in [0.1, 0.15) is 5.82 Å². The first-order valence-electron chi connectivity index (χ1n) is 11.7. The van der Waals surface area contributed by atoms with E-state index in [0.29, 0.717) is 31.4 Å². The lowest BCUT2D eigenvalue weighted by Gasteiger charge is -2.20. The zero-order valence-corrected chi connectivity index (χ0v) is 20.0. The molecular formula is C23H36N4O3S. The van der Waals surface area contributed by atoms with Crippen LogP contribution in [0.2, 0.25) is 0 Å². The molecule has 0 saturated carbocycles. The van der Waals surface area contributed by atoms with Gasteiger partial charge >= 0.3 is 0 Å². The van der Waals surface area contributed by atoms with E-state index >= 15 is 0 Å². The summed E-state index contributed by atoms with van der Waals surface area (Å²) < 4.78 is 29.4. The van der Waals surface area contributed by atoms with E-state index in [-0.39, 0.29) is 10.8 Å². The summed E-state index contributed by atoms with van der Waals surface area (Å²) in [6.45, 7) is 9.18. The minimum Gasteiger partial charge on any atom is -0.343 e. The van der Waals surface area contributed by atoms with E-state index in [4.69, 9.17) is 4.98 Å². The Labute approximate surface area is 186 Å². The predicted octanol–water partition coefficient (Wildman–Crippen LogP) is 3.81. The van der Waals surface area contributed by atoms with Gasteiger partial charge in [-0.05, 0) is 37.5 Å². The number of hydrogen-bond donors (Lipinski definition) is 0. The molecule has 2 heterocycles. The van der Waals surface area contributed by atoms with Gasteiger partial charge < -0.3 is 9.47 Å². The van der Waals surface area contributed by atoms with Crippen LogP contribution in [-0.2, 0) is 27.8 Å². The molecule has 8 heteroatoms. The van der Waals surface area contributed by atoms with Crippen molar-refractivity contribution >= 4 is 27.0 Å². The monoisotopic (exact) mass is 448 g/mol. The van der Waals surface area contributed by atoms with Crippen LogP contribution in [0.25, 0.3) is 11.0 Å². The van der Waals surface area contributed by atoms with Crippen LogP contribution < -0.4 is 0 Å². The molecule has 1 aromatic heterocycles. The zero-order valence-electron chi connectivity index (χ0n) is 19.1. The van der Waals surface area contributed by atoms with Gasteiger partial charge in [0.15, 0.2) is 0 Å². The molecular weight excluding hydrogens is 412 g/mol. The van der Waals surface area contributed by atoms with Gasteiger partial charge in [-0.25, -0.2) is 13.4 Å². The second-order valence-electron chi connectivity index (χ2n) is 8.21. The summed E-state index contributed by atoms with van der Waals surface area (Å²) in [5.74, 6) is 1.05. The van der Waals surface area contributed by atoms with Crippen molar-refractivity contribution in [3.05, 3.63) is 24.0 Å². The van der Waals surface area contributed by atoms with Crippen LogP contribution in [0.3, 0.4) is 0 Å². The average molecular weight is 449 g/mol. The van der Waals surface area contributed by atoms with Crippen LogP contribution in [0.1, 0.15) is 65.1 Å². The summed E-state index contributed by atoms with van der Waals surface area (Å²) in [6.07, 6.45) is 6.54. The molecule has 2 aromatic rings. The number of likely N-dealkylation sites (tertiary alicyclic amines) is 1. The van der Waals surface area contributed by atoms with Crippen LogP contribution in [0.4, 0.5) is 0 Å². The number of aromatic nitrogens is 2. The molecule has 1 aliphatic heterocycles. The van der Waals surface area contributed by atoms with Crippen molar-refractivity contribution < 1.29 is 13.2 Å². The van der Waals surface area contributed by atoms with E-state index in [2.05, 4.69) is 11.5 Å². The smallest absolute Gasteiger partial charge is 0.243 e.